The van der Waals surface area contributed by atoms with Crippen LogP contribution in [-0.4, -0.2) is 21.9 Å². The third-order valence-electron chi connectivity index (χ3n) is 3.09. The van der Waals surface area contributed by atoms with Gasteiger partial charge in [0.1, 0.15) is 0 Å². The van der Waals surface area contributed by atoms with E-state index in [1.54, 1.807) is 24.3 Å². The van der Waals surface area contributed by atoms with E-state index in [0.29, 0.717) is 11.1 Å². The molecule has 2 N–H and O–H groups in total. The molecule has 2 aromatic rings. The molecule has 0 saturated heterocycles. The molecule has 1 heterocycles. The van der Waals surface area contributed by atoms with Crippen LogP contribution in [0.2, 0.25) is 0 Å². The van der Waals surface area contributed by atoms with Gasteiger partial charge in [-0.15, -0.1) is 0 Å². The summed E-state index contributed by atoms with van der Waals surface area (Å²) in [5, 5.41) is 4.00. The number of hydrazine groups is 1. The molecule has 0 aromatic heterocycles. The molecule has 0 atom stereocenters. The molecule has 2 aromatic carbocycles. The highest BCUT2D eigenvalue weighted by atomic mass is 79.9. The second kappa shape index (κ2) is 5.86. The van der Waals surface area contributed by atoms with Crippen LogP contribution < -0.4 is 10.7 Å². The molecule has 1 aliphatic heterocycles. The van der Waals surface area contributed by atoms with Gasteiger partial charge in [0.25, 0.3) is 11.8 Å². The Balaban J connectivity index is 1.73. The van der Waals surface area contributed by atoms with E-state index in [1.807, 2.05) is 24.3 Å². The first kappa shape index (κ1) is 14.7. The van der Waals surface area contributed by atoms with Crippen LogP contribution in [0.25, 0.3) is 0 Å². The molecule has 0 spiro atoms. The van der Waals surface area contributed by atoms with Crippen molar-refractivity contribution in [2.24, 2.45) is 0 Å². The third-order valence-corrected chi connectivity index (χ3v) is 3.78. The first-order chi connectivity index (χ1) is 10.6. The highest BCUT2D eigenvalue weighted by Gasteiger charge is 2.35. The largest absolute Gasteiger partial charge is 0.331 e. The fourth-order valence-electron chi connectivity index (χ4n) is 2.12. The van der Waals surface area contributed by atoms with Crippen molar-refractivity contribution in [1.29, 1.82) is 0 Å². The van der Waals surface area contributed by atoms with Gasteiger partial charge in [-0.25, -0.2) is 0 Å². The number of nitrogens with one attached hydrogen (secondary N) is 2. The molecule has 0 saturated carbocycles. The molecule has 3 rings (SSSR count). The van der Waals surface area contributed by atoms with Crippen molar-refractivity contribution >= 4 is 50.8 Å². The van der Waals surface area contributed by atoms with E-state index in [9.17, 15) is 9.59 Å². The van der Waals surface area contributed by atoms with Crippen LogP contribution >= 0.6 is 28.1 Å². The number of thiocarbonyl (C=S) groups is 1. The fraction of sp³-hybridized carbons (Fsp3) is 0. The number of carbonyl (C=O) groups excluding carboxylic acids is 2. The van der Waals surface area contributed by atoms with E-state index < -0.39 is 11.8 Å². The lowest BCUT2D eigenvalue weighted by atomic mass is 10.1. The summed E-state index contributed by atoms with van der Waals surface area (Å²) < 4.78 is 0.890. The maximum Gasteiger partial charge on any atom is 0.280 e. The molecule has 0 bridgehead atoms. The molecule has 7 heteroatoms. The van der Waals surface area contributed by atoms with Crippen molar-refractivity contribution in [3.63, 3.8) is 0 Å². The summed E-state index contributed by atoms with van der Waals surface area (Å²) >= 11 is 8.51. The zero-order chi connectivity index (χ0) is 15.7. The van der Waals surface area contributed by atoms with Crippen molar-refractivity contribution in [1.82, 2.24) is 10.4 Å². The third kappa shape index (κ3) is 2.72. The average molecular weight is 376 g/mol. The van der Waals surface area contributed by atoms with Crippen molar-refractivity contribution < 1.29 is 9.59 Å². The van der Waals surface area contributed by atoms with Gasteiger partial charge in [-0.2, -0.15) is 5.01 Å². The second-order valence-corrected chi connectivity index (χ2v) is 5.89. The van der Waals surface area contributed by atoms with Crippen molar-refractivity contribution in [2.75, 3.05) is 5.32 Å². The Labute approximate surface area is 140 Å². The van der Waals surface area contributed by atoms with E-state index in [0.717, 1.165) is 15.2 Å². The number of anilines is 1. The van der Waals surface area contributed by atoms with Gasteiger partial charge in [-0.1, -0.05) is 34.1 Å². The predicted octanol–water partition coefficient (Wildman–Crippen LogP) is 2.95. The quantitative estimate of drug-likeness (QED) is 0.624. The molecule has 0 fully saturated rings. The van der Waals surface area contributed by atoms with Crippen LogP contribution in [0.5, 0.6) is 0 Å². The predicted molar refractivity (Wildman–Crippen MR) is 90.4 cm³/mol. The van der Waals surface area contributed by atoms with Gasteiger partial charge in [0.05, 0.1) is 11.1 Å². The smallest absolute Gasteiger partial charge is 0.280 e. The Bertz CT molecular complexity index is 759. The van der Waals surface area contributed by atoms with Gasteiger partial charge >= 0.3 is 0 Å². The minimum Gasteiger partial charge on any atom is -0.331 e. The number of halogens is 1. The summed E-state index contributed by atoms with van der Waals surface area (Å²) in [6, 6.07) is 14.0. The van der Waals surface area contributed by atoms with Gasteiger partial charge in [-0.3, -0.25) is 15.0 Å². The standard InChI is InChI=1S/C15H10BrN3O2S/c16-9-4-3-5-10(8-9)17-15(22)18-19-13(20)11-6-1-2-7-12(11)14(19)21/h1-8H,(H2,17,18,22). The second-order valence-electron chi connectivity index (χ2n) is 4.57. The minimum atomic E-state index is -0.418. The number of carbonyl (C=O) groups is 2. The Hall–Kier alpha value is -2.25. The molecule has 2 amide bonds. The van der Waals surface area contributed by atoms with Crippen molar-refractivity contribution in [3.8, 4) is 0 Å². The molecule has 22 heavy (non-hydrogen) atoms. The maximum absolute atomic E-state index is 12.2. The van der Waals surface area contributed by atoms with Crippen LogP contribution in [0.1, 0.15) is 20.7 Å². The van der Waals surface area contributed by atoms with Crippen LogP contribution in [0, 0.1) is 0 Å². The molecule has 0 unspecified atom stereocenters. The SMILES string of the molecule is O=C1c2ccccc2C(=O)N1NC(=S)Nc1cccc(Br)c1. The molecular formula is C15H10BrN3O2S. The van der Waals surface area contributed by atoms with Crippen LogP contribution in [0.4, 0.5) is 5.69 Å². The van der Waals surface area contributed by atoms with Crippen LogP contribution in [0.3, 0.4) is 0 Å². The Morgan fingerprint density at radius 3 is 2.23 bits per heavy atom. The average Bonchev–Trinajstić information content (AvgIpc) is 2.73. The first-order valence-electron chi connectivity index (χ1n) is 6.37. The summed E-state index contributed by atoms with van der Waals surface area (Å²) in [7, 11) is 0. The van der Waals surface area contributed by atoms with Crippen molar-refractivity contribution in [3.05, 3.63) is 64.1 Å². The van der Waals surface area contributed by atoms with E-state index in [2.05, 4.69) is 26.7 Å². The van der Waals surface area contributed by atoms with Gasteiger partial charge < -0.3 is 5.32 Å². The molecule has 1 aliphatic rings. The Morgan fingerprint density at radius 2 is 1.64 bits per heavy atom. The van der Waals surface area contributed by atoms with Gasteiger partial charge in [0.15, 0.2) is 5.11 Å². The number of nitrogens with zero attached hydrogens (tertiary/aromatic N) is 1. The van der Waals surface area contributed by atoms with E-state index in [1.165, 1.54) is 0 Å². The lowest BCUT2D eigenvalue weighted by Crippen LogP contribution is -2.47. The van der Waals surface area contributed by atoms with Gasteiger partial charge in [0, 0.05) is 10.2 Å². The number of hydrogen-bond acceptors (Lipinski definition) is 3. The Kier molecular flexibility index (Phi) is 3.91. The summed E-state index contributed by atoms with van der Waals surface area (Å²) in [6.45, 7) is 0. The van der Waals surface area contributed by atoms with Gasteiger partial charge in [0.2, 0.25) is 0 Å². The Morgan fingerprint density at radius 1 is 1.00 bits per heavy atom. The number of benzene rings is 2. The lowest BCUT2D eigenvalue weighted by Gasteiger charge is -2.18. The van der Waals surface area contributed by atoms with Crippen LogP contribution in [-0.2, 0) is 0 Å². The van der Waals surface area contributed by atoms with E-state index in [4.69, 9.17) is 12.2 Å². The fourth-order valence-corrected chi connectivity index (χ4v) is 2.73. The van der Waals surface area contributed by atoms with E-state index >= 15 is 0 Å². The topological polar surface area (TPSA) is 61.4 Å². The number of fused-ring (bicyclic) bond motifs is 1. The number of amides is 2. The number of hydrogen-bond donors (Lipinski definition) is 2. The highest BCUT2D eigenvalue weighted by Crippen LogP contribution is 2.21. The van der Waals surface area contributed by atoms with Gasteiger partial charge in [-0.05, 0) is 42.5 Å². The zero-order valence-corrected chi connectivity index (χ0v) is 13.6. The maximum atomic E-state index is 12.2. The molecule has 0 radical (unpaired) electrons. The summed E-state index contributed by atoms with van der Waals surface area (Å²) in [4.78, 5) is 24.4. The molecular weight excluding hydrogens is 366 g/mol. The molecule has 5 nitrogen and oxygen atoms in total. The monoisotopic (exact) mass is 375 g/mol. The minimum absolute atomic E-state index is 0.160. The summed E-state index contributed by atoms with van der Waals surface area (Å²) in [5.74, 6) is -0.835. The highest BCUT2D eigenvalue weighted by molar-refractivity contribution is 9.10. The van der Waals surface area contributed by atoms with Crippen molar-refractivity contribution in [2.45, 2.75) is 0 Å². The van der Waals surface area contributed by atoms with Crippen LogP contribution in [0.15, 0.2) is 53.0 Å². The van der Waals surface area contributed by atoms with E-state index in [-0.39, 0.29) is 5.11 Å². The number of imide groups is 1. The summed E-state index contributed by atoms with van der Waals surface area (Å²) in [6.07, 6.45) is 0. The summed E-state index contributed by atoms with van der Waals surface area (Å²) in [5.41, 5.74) is 4.10. The molecule has 0 aliphatic carbocycles. The normalized spacial score (nSPS) is 13.0. The number of rotatable bonds is 2. The lowest BCUT2D eigenvalue weighted by molar-refractivity contribution is 0.0613. The zero-order valence-electron chi connectivity index (χ0n) is 11.2. The molecule has 110 valence electrons. The first-order valence-corrected chi connectivity index (χ1v) is 7.57.